The Morgan fingerprint density at radius 1 is 1.32 bits per heavy atom. The minimum Gasteiger partial charge on any atom is -0.370 e. The van der Waals surface area contributed by atoms with Gasteiger partial charge in [-0.2, -0.15) is 0 Å². The van der Waals surface area contributed by atoms with Gasteiger partial charge in [0.2, 0.25) is 0 Å². The number of nitrogens with zero attached hydrogens (tertiary/aromatic N) is 2. The Kier molecular flexibility index (Phi) is 4.46. The standard InChI is InChI=1S/C13H13BrN4O/c1-2-15-11-6-5-9(8-17-11)13(19)18-12-10(14)4-3-7-16-12/h3-8H,2H2,1H3,(H,15,17)(H,16,18,19). The third-order valence-electron chi connectivity index (χ3n) is 2.37. The first-order valence-corrected chi connectivity index (χ1v) is 6.62. The van der Waals surface area contributed by atoms with Gasteiger partial charge in [0.05, 0.1) is 10.0 Å². The molecule has 0 aliphatic heterocycles. The minimum absolute atomic E-state index is 0.241. The molecule has 0 radical (unpaired) electrons. The van der Waals surface area contributed by atoms with E-state index in [1.807, 2.05) is 13.0 Å². The van der Waals surface area contributed by atoms with Gasteiger partial charge in [-0.25, -0.2) is 9.97 Å². The van der Waals surface area contributed by atoms with Crippen molar-refractivity contribution in [3.05, 3.63) is 46.7 Å². The first-order chi connectivity index (χ1) is 9.20. The van der Waals surface area contributed by atoms with Crippen molar-refractivity contribution in [3.63, 3.8) is 0 Å². The summed E-state index contributed by atoms with van der Waals surface area (Å²) in [6.07, 6.45) is 3.15. The number of rotatable bonds is 4. The molecule has 2 aromatic rings. The second-order valence-electron chi connectivity index (χ2n) is 3.75. The second-order valence-corrected chi connectivity index (χ2v) is 4.60. The van der Waals surface area contributed by atoms with Crippen LogP contribution in [0.2, 0.25) is 0 Å². The first-order valence-electron chi connectivity index (χ1n) is 5.82. The number of nitrogens with one attached hydrogen (secondary N) is 2. The van der Waals surface area contributed by atoms with Gasteiger partial charge in [-0.15, -0.1) is 0 Å². The fourth-order valence-corrected chi connectivity index (χ4v) is 1.83. The summed E-state index contributed by atoms with van der Waals surface area (Å²) < 4.78 is 0.737. The lowest BCUT2D eigenvalue weighted by atomic mass is 10.2. The average Bonchev–Trinajstić information content (AvgIpc) is 2.42. The number of anilines is 2. The molecular formula is C13H13BrN4O. The Labute approximate surface area is 119 Å². The van der Waals surface area contributed by atoms with Crippen LogP contribution in [0.4, 0.5) is 11.6 Å². The zero-order chi connectivity index (χ0) is 13.7. The van der Waals surface area contributed by atoms with Crippen LogP contribution in [0.25, 0.3) is 0 Å². The molecule has 0 aliphatic rings. The molecule has 19 heavy (non-hydrogen) atoms. The molecule has 2 N–H and O–H groups in total. The lowest BCUT2D eigenvalue weighted by Crippen LogP contribution is -2.13. The quantitative estimate of drug-likeness (QED) is 0.909. The summed E-state index contributed by atoms with van der Waals surface area (Å²) in [7, 11) is 0. The van der Waals surface area contributed by atoms with E-state index in [4.69, 9.17) is 0 Å². The Morgan fingerprint density at radius 2 is 2.16 bits per heavy atom. The van der Waals surface area contributed by atoms with Crippen molar-refractivity contribution in [2.75, 3.05) is 17.2 Å². The predicted molar refractivity (Wildman–Crippen MR) is 78.3 cm³/mol. The Balaban J connectivity index is 2.10. The van der Waals surface area contributed by atoms with Gasteiger partial charge in [-0.1, -0.05) is 0 Å². The van der Waals surface area contributed by atoms with Crippen LogP contribution in [0.15, 0.2) is 41.1 Å². The van der Waals surface area contributed by atoms with E-state index >= 15 is 0 Å². The monoisotopic (exact) mass is 320 g/mol. The number of carbonyl (C=O) groups excluding carboxylic acids is 1. The molecule has 0 spiro atoms. The number of carbonyl (C=O) groups is 1. The molecule has 0 aliphatic carbocycles. The summed E-state index contributed by atoms with van der Waals surface area (Å²) in [6.45, 7) is 2.78. The number of amides is 1. The van der Waals surface area contributed by atoms with E-state index in [0.717, 1.165) is 16.8 Å². The van der Waals surface area contributed by atoms with Gasteiger partial charge in [0.1, 0.15) is 11.6 Å². The van der Waals surface area contributed by atoms with Crippen molar-refractivity contribution in [3.8, 4) is 0 Å². The van der Waals surface area contributed by atoms with E-state index in [-0.39, 0.29) is 5.91 Å². The van der Waals surface area contributed by atoms with Crippen LogP contribution >= 0.6 is 15.9 Å². The molecule has 1 amide bonds. The second kappa shape index (κ2) is 6.29. The molecule has 98 valence electrons. The number of hydrogen-bond donors (Lipinski definition) is 2. The molecule has 5 nitrogen and oxygen atoms in total. The first kappa shape index (κ1) is 13.5. The smallest absolute Gasteiger partial charge is 0.258 e. The summed E-state index contributed by atoms with van der Waals surface area (Å²) in [5.41, 5.74) is 0.485. The molecule has 2 rings (SSSR count). The summed E-state index contributed by atoms with van der Waals surface area (Å²) in [5, 5.41) is 5.79. The van der Waals surface area contributed by atoms with E-state index in [1.165, 1.54) is 6.20 Å². The van der Waals surface area contributed by atoms with Crippen LogP contribution in [0, 0.1) is 0 Å². The Bertz CT molecular complexity index is 571. The minimum atomic E-state index is -0.241. The van der Waals surface area contributed by atoms with Gasteiger partial charge in [0, 0.05) is 18.9 Å². The average molecular weight is 321 g/mol. The van der Waals surface area contributed by atoms with E-state index in [1.54, 1.807) is 24.4 Å². The highest BCUT2D eigenvalue weighted by atomic mass is 79.9. The number of halogens is 1. The van der Waals surface area contributed by atoms with Gasteiger partial charge in [-0.3, -0.25) is 4.79 Å². The largest absolute Gasteiger partial charge is 0.370 e. The third-order valence-corrected chi connectivity index (χ3v) is 3.01. The maximum atomic E-state index is 12.0. The van der Waals surface area contributed by atoms with E-state index in [9.17, 15) is 4.79 Å². The predicted octanol–water partition coefficient (Wildman–Crippen LogP) is 2.92. The lowest BCUT2D eigenvalue weighted by Gasteiger charge is -2.06. The highest BCUT2D eigenvalue weighted by molar-refractivity contribution is 9.10. The van der Waals surface area contributed by atoms with E-state index in [2.05, 4.69) is 36.5 Å². The van der Waals surface area contributed by atoms with Crippen LogP contribution in [-0.2, 0) is 0 Å². The lowest BCUT2D eigenvalue weighted by molar-refractivity contribution is 0.102. The fraction of sp³-hybridized carbons (Fsp3) is 0.154. The van der Waals surface area contributed by atoms with Crippen LogP contribution in [0.5, 0.6) is 0 Å². The number of pyridine rings is 2. The van der Waals surface area contributed by atoms with Crippen molar-refractivity contribution in [2.24, 2.45) is 0 Å². The SMILES string of the molecule is CCNc1ccc(C(=O)Nc2ncccc2Br)cn1. The Hall–Kier alpha value is -1.95. The Morgan fingerprint density at radius 3 is 2.79 bits per heavy atom. The molecule has 0 atom stereocenters. The number of hydrogen-bond acceptors (Lipinski definition) is 4. The molecular weight excluding hydrogens is 308 g/mol. The van der Waals surface area contributed by atoms with Gasteiger partial charge < -0.3 is 10.6 Å². The van der Waals surface area contributed by atoms with Crippen molar-refractivity contribution in [2.45, 2.75) is 6.92 Å². The van der Waals surface area contributed by atoms with E-state index in [0.29, 0.717) is 11.4 Å². The van der Waals surface area contributed by atoms with Crippen LogP contribution in [0.3, 0.4) is 0 Å². The van der Waals surface area contributed by atoms with Crippen LogP contribution in [0.1, 0.15) is 17.3 Å². The molecule has 6 heteroatoms. The molecule has 0 fully saturated rings. The summed E-state index contributed by atoms with van der Waals surface area (Å²) >= 11 is 3.33. The van der Waals surface area contributed by atoms with Crippen molar-refractivity contribution in [1.29, 1.82) is 0 Å². The molecule has 2 heterocycles. The van der Waals surface area contributed by atoms with Crippen molar-refractivity contribution in [1.82, 2.24) is 9.97 Å². The maximum absolute atomic E-state index is 12.0. The highest BCUT2D eigenvalue weighted by Gasteiger charge is 2.09. The maximum Gasteiger partial charge on any atom is 0.258 e. The van der Waals surface area contributed by atoms with Gasteiger partial charge in [0.15, 0.2) is 0 Å². The van der Waals surface area contributed by atoms with Crippen molar-refractivity contribution < 1.29 is 4.79 Å². The number of aromatic nitrogens is 2. The van der Waals surface area contributed by atoms with Gasteiger partial charge in [-0.05, 0) is 47.1 Å². The summed E-state index contributed by atoms with van der Waals surface area (Å²) in [5.74, 6) is 0.997. The topological polar surface area (TPSA) is 66.9 Å². The zero-order valence-corrected chi connectivity index (χ0v) is 11.9. The zero-order valence-electron chi connectivity index (χ0n) is 10.4. The molecule has 0 unspecified atom stereocenters. The summed E-state index contributed by atoms with van der Waals surface area (Å²) in [6, 6.07) is 7.09. The fourth-order valence-electron chi connectivity index (χ4n) is 1.47. The van der Waals surface area contributed by atoms with Crippen LogP contribution in [-0.4, -0.2) is 22.4 Å². The summed E-state index contributed by atoms with van der Waals surface area (Å²) in [4.78, 5) is 20.2. The molecule has 0 bridgehead atoms. The third kappa shape index (κ3) is 3.51. The van der Waals surface area contributed by atoms with Crippen molar-refractivity contribution >= 4 is 33.5 Å². The van der Waals surface area contributed by atoms with E-state index < -0.39 is 0 Å². The van der Waals surface area contributed by atoms with Crippen LogP contribution < -0.4 is 10.6 Å². The molecule has 2 aromatic heterocycles. The molecule has 0 aromatic carbocycles. The molecule has 0 saturated carbocycles. The van der Waals surface area contributed by atoms with Gasteiger partial charge >= 0.3 is 0 Å². The molecule has 0 saturated heterocycles. The normalized spacial score (nSPS) is 10.0. The van der Waals surface area contributed by atoms with Gasteiger partial charge in [0.25, 0.3) is 5.91 Å². The highest BCUT2D eigenvalue weighted by Crippen LogP contribution is 2.19.